The third kappa shape index (κ3) is 2.64. The molecule has 1 aromatic carbocycles. The number of likely N-dealkylation sites (tertiary alicyclic amines) is 1. The van der Waals surface area contributed by atoms with Crippen LogP contribution in [0.5, 0.6) is 0 Å². The van der Waals surface area contributed by atoms with Crippen molar-refractivity contribution in [2.45, 2.75) is 52.0 Å². The third-order valence-electron chi connectivity index (χ3n) is 5.59. The number of aryl methyl sites for hydroxylation is 3. The number of aromatic nitrogens is 1. The summed E-state index contributed by atoms with van der Waals surface area (Å²) in [7, 11) is 0. The van der Waals surface area contributed by atoms with E-state index in [9.17, 15) is 4.79 Å². The number of hydrogen-bond donors (Lipinski definition) is 0. The first-order valence-electron chi connectivity index (χ1n) is 8.85. The van der Waals surface area contributed by atoms with Gasteiger partial charge in [0.05, 0.1) is 6.04 Å². The van der Waals surface area contributed by atoms with Crippen LogP contribution in [-0.4, -0.2) is 22.5 Å². The van der Waals surface area contributed by atoms with Crippen LogP contribution in [-0.2, 0) is 4.79 Å². The van der Waals surface area contributed by atoms with Crippen LogP contribution < -0.4 is 0 Å². The minimum Gasteiger partial charge on any atom is -0.361 e. The number of nitrogens with zero attached hydrogens (tertiary/aromatic N) is 2. The lowest BCUT2D eigenvalue weighted by atomic mass is 10.0. The standard InChI is InChI=1S/C20H24N2O2/c1-12-6-7-15(9-13(12)2)16-11-17(16)20(23)22-8-4-5-19(22)18-10-14(3)24-21-18/h6-7,9-10,16-17,19H,4-5,8,11H2,1-3H3. The van der Waals surface area contributed by atoms with Gasteiger partial charge in [-0.15, -0.1) is 0 Å². The molecule has 1 saturated carbocycles. The average Bonchev–Trinajstić information content (AvgIpc) is 2.99. The number of benzene rings is 1. The van der Waals surface area contributed by atoms with Crippen molar-refractivity contribution in [1.29, 1.82) is 0 Å². The van der Waals surface area contributed by atoms with Crippen LogP contribution in [0.4, 0.5) is 0 Å². The molecule has 2 aliphatic rings. The number of carbonyl (C=O) groups is 1. The SMILES string of the molecule is Cc1cc(C2CCCN2C(=O)C2CC2c2ccc(C)c(C)c2)no1. The molecule has 1 amide bonds. The fourth-order valence-corrected chi connectivity index (χ4v) is 3.93. The van der Waals surface area contributed by atoms with E-state index in [1.807, 2.05) is 17.9 Å². The van der Waals surface area contributed by atoms with Gasteiger partial charge in [-0.2, -0.15) is 0 Å². The Morgan fingerprint density at radius 1 is 1.21 bits per heavy atom. The Balaban J connectivity index is 1.49. The van der Waals surface area contributed by atoms with Gasteiger partial charge in [0.1, 0.15) is 11.5 Å². The Morgan fingerprint density at radius 2 is 2.04 bits per heavy atom. The van der Waals surface area contributed by atoms with Gasteiger partial charge in [-0.1, -0.05) is 23.4 Å². The van der Waals surface area contributed by atoms with E-state index in [1.54, 1.807) is 0 Å². The van der Waals surface area contributed by atoms with Gasteiger partial charge in [0.15, 0.2) is 0 Å². The number of carbonyl (C=O) groups excluding carboxylic acids is 1. The Morgan fingerprint density at radius 3 is 2.75 bits per heavy atom. The van der Waals surface area contributed by atoms with Crippen LogP contribution in [0.25, 0.3) is 0 Å². The lowest BCUT2D eigenvalue weighted by Crippen LogP contribution is -2.32. The molecule has 3 atom stereocenters. The number of rotatable bonds is 3. The van der Waals surface area contributed by atoms with Crippen molar-refractivity contribution in [2.75, 3.05) is 6.54 Å². The van der Waals surface area contributed by atoms with Gasteiger partial charge in [0, 0.05) is 18.5 Å². The van der Waals surface area contributed by atoms with Gasteiger partial charge >= 0.3 is 0 Å². The van der Waals surface area contributed by atoms with Crippen LogP contribution >= 0.6 is 0 Å². The largest absolute Gasteiger partial charge is 0.361 e. The Kier molecular flexibility index (Phi) is 3.70. The predicted molar refractivity (Wildman–Crippen MR) is 91.7 cm³/mol. The molecule has 24 heavy (non-hydrogen) atoms. The average molecular weight is 324 g/mol. The number of hydrogen-bond acceptors (Lipinski definition) is 3. The van der Waals surface area contributed by atoms with E-state index in [0.29, 0.717) is 11.8 Å². The van der Waals surface area contributed by atoms with Crippen molar-refractivity contribution >= 4 is 5.91 Å². The van der Waals surface area contributed by atoms with Gasteiger partial charge in [0.25, 0.3) is 0 Å². The van der Waals surface area contributed by atoms with Crippen molar-refractivity contribution in [3.63, 3.8) is 0 Å². The molecule has 1 aliphatic carbocycles. The fraction of sp³-hybridized carbons (Fsp3) is 0.500. The Bertz CT molecular complexity index is 780. The molecule has 2 aromatic rings. The van der Waals surface area contributed by atoms with E-state index in [4.69, 9.17) is 4.52 Å². The molecule has 1 aliphatic heterocycles. The first-order chi connectivity index (χ1) is 11.5. The molecule has 3 unspecified atom stereocenters. The summed E-state index contributed by atoms with van der Waals surface area (Å²) in [6, 6.07) is 8.65. The summed E-state index contributed by atoms with van der Waals surface area (Å²) >= 11 is 0. The molecule has 4 rings (SSSR count). The molecule has 2 fully saturated rings. The van der Waals surface area contributed by atoms with E-state index in [1.165, 1.54) is 16.7 Å². The van der Waals surface area contributed by atoms with Gasteiger partial charge in [-0.05, 0) is 62.6 Å². The molecule has 0 radical (unpaired) electrons. The van der Waals surface area contributed by atoms with E-state index < -0.39 is 0 Å². The monoisotopic (exact) mass is 324 g/mol. The second-order valence-electron chi connectivity index (χ2n) is 7.34. The minimum absolute atomic E-state index is 0.0935. The molecule has 0 bridgehead atoms. The van der Waals surface area contributed by atoms with Crippen molar-refractivity contribution in [2.24, 2.45) is 5.92 Å². The topological polar surface area (TPSA) is 46.3 Å². The lowest BCUT2D eigenvalue weighted by molar-refractivity contribution is -0.133. The van der Waals surface area contributed by atoms with Gasteiger partial charge in [-0.3, -0.25) is 4.79 Å². The first-order valence-corrected chi connectivity index (χ1v) is 8.85. The summed E-state index contributed by atoms with van der Waals surface area (Å²) < 4.78 is 5.21. The van der Waals surface area contributed by atoms with Gasteiger partial charge in [0.2, 0.25) is 5.91 Å². The summed E-state index contributed by atoms with van der Waals surface area (Å²) in [6.07, 6.45) is 3.00. The molecule has 4 heteroatoms. The summed E-state index contributed by atoms with van der Waals surface area (Å²) in [5, 5.41) is 4.14. The van der Waals surface area contributed by atoms with Crippen molar-refractivity contribution in [1.82, 2.24) is 10.1 Å². The molecule has 4 nitrogen and oxygen atoms in total. The quantitative estimate of drug-likeness (QED) is 0.855. The molecular weight excluding hydrogens is 300 g/mol. The maximum Gasteiger partial charge on any atom is 0.226 e. The third-order valence-corrected chi connectivity index (χ3v) is 5.59. The molecule has 1 aromatic heterocycles. The van der Waals surface area contributed by atoms with Crippen LogP contribution in [0, 0.1) is 26.7 Å². The van der Waals surface area contributed by atoms with E-state index in [2.05, 4.69) is 37.2 Å². The Labute approximate surface area is 142 Å². The second kappa shape index (κ2) is 5.76. The van der Waals surface area contributed by atoms with Crippen molar-refractivity contribution in [3.8, 4) is 0 Å². The maximum atomic E-state index is 13.0. The number of amides is 1. The van der Waals surface area contributed by atoms with Crippen LogP contribution in [0.1, 0.15) is 59.4 Å². The molecule has 1 saturated heterocycles. The summed E-state index contributed by atoms with van der Waals surface area (Å²) in [5.74, 6) is 1.63. The summed E-state index contributed by atoms with van der Waals surface area (Å²) in [6.45, 7) is 7.00. The molecule has 0 spiro atoms. The zero-order chi connectivity index (χ0) is 16.8. The van der Waals surface area contributed by atoms with E-state index in [-0.39, 0.29) is 12.0 Å². The highest BCUT2D eigenvalue weighted by Crippen LogP contribution is 2.50. The van der Waals surface area contributed by atoms with Gasteiger partial charge < -0.3 is 9.42 Å². The van der Waals surface area contributed by atoms with Crippen LogP contribution in [0.15, 0.2) is 28.8 Å². The highest BCUT2D eigenvalue weighted by Gasteiger charge is 2.48. The summed E-state index contributed by atoms with van der Waals surface area (Å²) in [4.78, 5) is 15.0. The zero-order valence-corrected chi connectivity index (χ0v) is 14.6. The fourth-order valence-electron chi connectivity index (χ4n) is 3.93. The lowest BCUT2D eigenvalue weighted by Gasteiger charge is -2.23. The molecule has 2 heterocycles. The predicted octanol–water partition coefficient (Wildman–Crippen LogP) is 4.07. The van der Waals surface area contributed by atoms with Crippen molar-refractivity contribution in [3.05, 3.63) is 52.4 Å². The van der Waals surface area contributed by atoms with E-state index >= 15 is 0 Å². The smallest absolute Gasteiger partial charge is 0.226 e. The molecular formula is C20H24N2O2. The first kappa shape index (κ1) is 15.4. The normalized spacial score (nSPS) is 26.0. The molecule has 126 valence electrons. The highest BCUT2D eigenvalue weighted by molar-refractivity contribution is 5.83. The highest BCUT2D eigenvalue weighted by atomic mass is 16.5. The van der Waals surface area contributed by atoms with Crippen molar-refractivity contribution < 1.29 is 9.32 Å². The summed E-state index contributed by atoms with van der Waals surface area (Å²) in [5.41, 5.74) is 4.83. The van der Waals surface area contributed by atoms with Crippen LogP contribution in [0.3, 0.4) is 0 Å². The van der Waals surface area contributed by atoms with Crippen LogP contribution in [0.2, 0.25) is 0 Å². The molecule has 0 N–H and O–H groups in total. The minimum atomic E-state index is 0.0935. The van der Waals surface area contributed by atoms with Gasteiger partial charge in [-0.25, -0.2) is 0 Å². The maximum absolute atomic E-state index is 13.0. The Hall–Kier alpha value is -2.10. The van der Waals surface area contributed by atoms with E-state index in [0.717, 1.165) is 37.3 Å². The zero-order valence-electron chi connectivity index (χ0n) is 14.6. The second-order valence-corrected chi connectivity index (χ2v) is 7.34.